The van der Waals surface area contributed by atoms with Crippen LogP contribution in [0.1, 0.15) is 36.1 Å². The molecule has 1 aromatic rings. The van der Waals surface area contributed by atoms with E-state index in [1.807, 2.05) is 20.8 Å². The maximum atomic E-state index is 11.4. The molecule has 0 aromatic carbocycles. The Morgan fingerprint density at radius 1 is 1.54 bits per heavy atom. The molecule has 0 saturated carbocycles. The number of rotatable bonds is 2. The van der Waals surface area contributed by atoms with Gasteiger partial charge in [-0.3, -0.25) is 4.79 Å². The molecule has 3 nitrogen and oxygen atoms in total. The molecular weight excluding hydrogens is 252 g/mol. The standard InChI is InChI=1S/C8H11BrN2OS/c1-8(2,3)7-6(5(12)4-9)13-11-10-7/h4H2,1-3H3. The number of alkyl halides is 1. The van der Waals surface area contributed by atoms with Crippen molar-refractivity contribution in [3.05, 3.63) is 10.6 Å². The second-order valence-electron chi connectivity index (χ2n) is 3.76. The van der Waals surface area contributed by atoms with Gasteiger partial charge in [-0.1, -0.05) is 41.2 Å². The molecule has 0 radical (unpaired) electrons. The third-order valence-corrected chi connectivity index (χ3v) is 2.85. The van der Waals surface area contributed by atoms with Crippen molar-refractivity contribution >= 4 is 33.2 Å². The maximum Gasteiger partial charge on any atom is 0.186 e. The maximum absolute atomic E-state index is 11.4. The van der Waals surface area contributed by atoms with Gasteiger partial charge in [-0.25, -0.2) is 0 Å². The summed E-state index contributed by atoms with van der Waals surface area (Å²) in [6.07, 6.45) is 0. The summed E-state index contributed by atoms with van der Waals surface area (Å²) in [6.45, 7) is 6.07. The Morgan fingerprint density at radius 2 is 2.15 bits per heavy atom. The van der Waals surface area contributed by atoms with Crippen molar-refractivity contribution in [1.82, 2.24) is 9.59 Å². The molecule has 13 heavy (non-hydrogen) atoms. The van der Waals surface area contributed by atoms with E-state index in [2.05, 4.69) is 25.5 Å². The molecule has 0 aliphatic heterocycles. The van der Waals surface area contributed by atoms with E-state index < -0.39 is 0 Å². The van der Waals surface area contributed by atoms with Gasteiger partial charge in [0.2, 0.25) is 0 Å². The van der Waals surface area contributed by atoms with Crippen LogP contribution in [-0.4, -0.2) is 20.7 Å². The van der Waals surface area contributed by atoms with Gasteiger partial charge < -0.3 is 0 Å². The highest BCUT2D eigenvalue weighted by atomic mass is 79.9. The summed E-state index contributed by atoms with van der Waals surface area (Å²) >= 11 is 4.31. The lowest BCUT2D eigenvalue weighted by atomic mass is 9.91. The first-order valence-corrected chi connectivity index (χ1v) is 5.78. The van der Waals surface area contributed by atoms with Gasteiger partial charge >= 0.3 is 0 Å². The van der Waals surface area contributed by atoms with Crippen molar-refractivity contribution in [2.45, 2.75) is 26.2 Å². The number of nitrogens with zero attached hydrogens (tertiary/aromatic N) is 2. The molecular formula is C8H11BrN2OS. The number of ketones is 1. The van der Waals surface area contributed by atoms with Crippen LogP contribution < -0.4 is 0 Å². The number of aromatic nitrogens is 2. The van der Waals surface area contributed by atoms with Gasteiger partial charge in [0.05, 0.1) is 11.0 Å². The molecule has 0 aliphatic rings. The smallest absolute Gasteiger partial charge is 0.186 e. The predicted octanol–water partition coefficient (Wildman–Crippen LogP) is 2.41. The molecule has 0 unspecified atom stereocenters. The Labute approximate surface area is 89.8 Å². The first kappa shape index (κ1) is 10.8. The lowest BCUT2D eigenvalue weighted by molar-refractivity contribution is 0.102. The molecule has 0 atom stereocenters. The highest BCUT2D eigenvalue weighted by Gasteiger charge is 2.25. The average molecular weight is 263 g/mol. The first-order chi connectivity index (χ1) is 5.96. The van der Waals surface area contributed by atoms with Crippen LogP contribution in [0.15, 0.2) is 0 Å². The average Bonchev–Trinajstić information content (AvgIpc) is 2.49. The van der Waals surface area contributed by atoms with Crippen LogP contribution in [0.3, 0.4) is 0 Å². The van der Waals surface area contributed by atoms with Gasteiger partial charge in [0.15, 0.2) is 5.78 Å². The molecule has 0 aliphatic carbocycles. The van der Waals surface area contributed by atoms with Gasteiger partial charge in [-0.15, -0.1) is 5.10 Å². The summed E-state index contributed by atoms with van der Waals surface area (Å²) in [6, 6.07) is 0. The topological polar surface area (TPSA) is 42.9 Å². The van der Waals surface area contributed by atoms with E-state index in [-0.39, 0.29) is 11.2 Å². The van der Waals surface area contributed by atoms with Crippen molar-refractivity contribution in [3.63, 3.8) is 0 Å². The zero-order chi connectivity index (χ0) is 10.1. The van der Waals surface area contributed by atoms with E-state index in [0.29, 0.717) is 10.2 Å². The number of carbonyl (C=O) groups is 1. The van der Waals surface area contributed by atoms with E-state index in [0.717, 1.165) is 5.69 Å². The Hall–Kier alpha value is -0.290. The zero-order valence-corrected chi connectivity index (χ0v) is 10.2. The SMILES string of the molecule is CC(C)(C)c1nnsc1C(=O)CBr. The van der Waals surface area contributed by atoms with Gasteiger partial charge in [-0.05, 0) is 11.5 Å². The Morgan fingerprint density at radius 3 is 2.62 bits per heavy atom. The molecule has 72 valence electrons. The van der Waals surface area contributed by atoms with Gasteiger partial charge in [0.25, 0.3) is 0 Å². The molecule has 0 N–H and O–H groups in total. The number of Topliss-reactive ketones (excluding diaryl/α,β-unsaturated/α-hetero) is 1. The number of carbonyl (C=O) groups excluding carboxylic acids is 1. The van der Waals surface area contributed by atoms with Crippen LogP contribution in [-0.2, 0) is 5.41 Å². The van der Waals surface area contributed by atoms with E-state index in [4.69, 9.17) is 0 Å². The fraction of sp³-hybridized carbons (Fsp3) is 0.625. The van der Waals surface area contributed by atoms with Crippen molar-refractivity contribution in [2.75, 3.05) is 5.33 Å². The molecule has 5 heteroatoms. The lowest BCUT2D eigenvalue weighted by Crippen LogP contribution is -2.16. The molecule has 1 rings (SSSR count). The van der Waals surface area contributed by atoms with E-state index in [9.17, 15) is 4.79 Å². The van der Waals surface area contributed by atoms with Crippen molar-refractivity contribution in [3.8, 4) is 0 Å². The zero-order valence-electron chi connectivity index (χ0n) is 7.80. The van der Waals surface area contributed by atoms with Crippen LogP contribution in [0.25, 0.3) is 0 Å². The van der Waals surface area contributed by atoms with Crippen LogP contribution in [0.2, 0.25) is 0 Å². The molecule has 0 bridgehead atoms. The minimum atomic E-state index is -0.111. The Bertz CT molecular complexity index is 316. The van der Waals surface area contributed by atoms with Crippen LogP contribution in [0.5, 0.6) is 0 Å². The summed E-state index contributed by atoms with van der Waals surface area (Å²) in [4.78, 5) is 12.1. The van der Waals surface area contributed by atoms with Crippen molar-refractivity contribution in [1.29, 1.82) is 0 Å². The predicted molar refractivity (Wildman–Crippen MR) is 56.7 cm³/mol. The number of hydrogen-bond donors (Lipinski definition) is 0. The quantitative estimate of drug-likeness (QED) is 0.608. The van der Waals surface area contributed by atoms with Gasteiger partial charge in [0, 0.05) is 5.41 Å². The lowest BCUT2D eigenvalue weighted by Gasteiger charge is -2.15. The summed E-state index contributed by atoms with van der Waals surface area (Å²) in [7, 11) is 0. The normalized spacial score (nSPS) is 11.7. The number of halogens is 1. The minimum absolute atomic E-state index is 0.0555. The molecule has 0 fully saturated rings. The third-order valence-electron chi connectivity index (χ3n) is 1.57. The van der Waals surface area contributed by atoms with Crippen molar-refractivity contribution in [2.24, 2.45) is 0 Å². The molecule has 0 amide bonds. The highest BCUT2D eigenvalue weighted by molar-refractivity contribution is 9.09. The molecule has 1 heterocycles. The summed E-state index contributed by atoms with van der Waals surface area (Å²) in [5.41, 5.74) is 0.683. The fourth-order valence-electron chi connectivity index (χ4n) is 0.925. The third kappa shape index (κ3) is 2.34. The number of hydrogen-bond acceptors (Lipinski definition) is 4. The first-order valence-electron chi connectivity index (χ1n) is 3.89. The second-order valence-corrected chi connectivity index (χ2v) is 5.07. The van der Waals surface area contributed by atoms with E-state index in [1.54, 1.807) is 0 Å². The molecule has 1 aromatic heterocycles. The van der Waals surface area contributed by atoms with Crippen LogP contribution >= 0.6 is 27.5 Å². The van der Waals surface area contributed by atoms with Crippen LogP contribution in [0, 0.1) is 0 Å². The molecule has 0 saturated heterocycles. The second kappa shape index (κ2) is 3.84. The Kier molecular flexibility index (Phi) is 3.18. The molecule has 0 spiro atoms. The summed E-state index contributed by atoms with van der Waals surface area (Å²) in [5.74, 6) is 0.0555. The fourth-order valence-corrected chi connectivity index (χ4v) is 2.20. The van der Waals surface area contributed by atoms with Gasteiger partial charge in [-0.2, -0.15) is 0 Å². The summed E-state index contributed by atoms with van der Waals surface area (Å²) in [5, 5.41) is 4.32. The van der Waals surface area contributed by atoms with E-state index >= 15 is 0 Å². The van der Waals surface area contributed by atoms with Crippen molar-refractivity contribution < 1.29 is 4.79 Å². The highest BCUT2D eigenvalue weighted by Crippen LogP contribution is 2.26. The van der Waals surface area contributed by atoms with E-state index in [1.165, 1.54) is 11.5 Å². The minimum Gasteiger partial charge on any atom is -0.292 e. The summed E-state index contributed by atoms with van der Waals surface area (Å²) < 4.78 is 3.81. The monoisotopic (exact) mass is 262 g/mol. The van der Waals surface area contributed by atoms with Crippen LogP contribution in [0.4, 0.5) is 0 Å². The largest absolute Gasteiger partial charge is 0.292 e. The Balaban J connectivity index is 3.10. The van der Waals surface area contributed by atoms with Gasteiger partial charge in [0.1, 0.15) is 4.88 Å².